The van der Waals surface area contributed by atoms with Crippen molar-refractivity contribution in [2.24, 2.45) is 0 Å². The molecule has 2 aromatic carbocycles. The number of hydrogen-bond acceptors (Lipinski definition) is 0. The van der Waals surface area contributed by atoms with Crippen molar-refractivity contribution in [1.82, 2.24) is 0 Å². The van der Waals surface area contributed by atoms with Gasteiger partial charge >= 0.3 is 82.9 Å². The van der Waals surface area contributed by atoms with E-state index in [0.717, 1.165) is 0 Å². The van der Waals surface area contributed by atoms with Gasteiger partial charge in [0.25, 0.3) is 0 Å². The van der Waals surface area contributed by atoms with E-state index in [9.17, 15) is 0 Å². The summed E-state index contributed by atoms with van der Waals surface area (Å²) >= 11 is 3.30. The Morgan fingerprint density at radius 2 is 1.75 bits per heavy atom. The third-order valence-electron chi connectivity index (χ3n) is 2.02. The van der Waals surface area contributed by atoms with E-state index in [1.54, 1.807) is 0 Å². The Kier molecular flexibility index (Phi) is 2.00. The van der Waals surface area contributed by atoms with Crippen molar-refractivity contribution in [3.63, 3.8) is 0 Å². The van der Waals surface area contributed by atoms with Gasteiger partial charge in [-0.3, -0.25) is 0 Å². The normalized spacial score (nSPS) is 10.6. The fraction of sp³-hybridized carbons (Fsp3) is 0.0909. The molecule has 0 heterocycles. The first-order chi connectivity index (χ1) is 5.79. The molecule has 63 valence electrons. The van der Waals surface area contributed by atoms with E-state index in [1.807, 2.05) is 0 Å². The predicted molar refractivity (Wildman–Crippen MR) is 48.3 cm³/mol. The molecule has 0 nitrogen and oxygen atoms in total. The fourth-order valence-electron chi connectivity index (χ4n) is 1.32. The monoisotopic (exact) mass is 247 g/mol. The van der Waals surface area contributed by atoms with Crippen molar-refractivity contribution in [3.8, 4) is 0 Å². The molecule has 2 aromatic rings. The van der Waals surface area contributed by atoms with Crippen LogP contribution < -0.4 is 4.04 Å². The van der Waals surface area contributed by atoms with E-state index in [2.05, 4.69) is 62.5 Å². The molecule has 0 aliphatic carbocycles. The van der Waals surface area contributed by atoms with E-state index in [4.69, 9.17) is 0 Å². The van der Waals surface area contributed by atoms with E-state index in [0.29, 0.717) is 0 Å². The van der Waals surface area contributed by atoms with Crippen LogP contribution in [-0.4, -0.2) is 0 Å². The minimum absolute atomic E-state index is 1.25. The van der Waals surface area contributed by atoms with Crippen LogP contribution >= 0.6 is 0 Å². The first-order valence-corrected chi connectivity index (χ1v) is 4.67. The summed E-state index contributed by atoms with van der Waals surface area (Å²) in [6, 6.07) is 12.7. The zero-order chi connectivity index (χ0) is 8.55. The molecule has 0 amide bonds. The molecule has 0 aliphatic rings. The standard InChI is InChI=1S/C11H9.Pd/c1-9-6-7-10-4-2-3-5-11(10)8-9;/h2-7H,1H3;. The molecule has 0 saturated carbocycles. The van der Waals surface area contributed by atoms with Gasteiger partial charge in [-0.1, -0.05) is 0 Å². The maximum atomic E-state index is 3.30. The van der Waals surface area contributed by atoms with Crippen LogP contribution in [0.4, 0.5) is 0 Å². The van der Waals surface area contributed by atoms with Crippen LogP contribution in [0.3, 0.4) is 0 Å². The zero-order valence-electron chi connectivity index (χ0n) is 6.78. The van der Waals surface area contributed by atoms with Crippen molar-refractivity contribution in [1.29, 1.82) is 0 Å². The summed E-state index contributed by atoms with van der Waals surface area (Å²) in [6.07, 6.45) is 0. The molecule has 0 unspecified atom stereocenters. The summed E-state index contributed by atoms with van der Waals surface area (Å²) in [5.41, 5.74) is 1.30. The first kappa shape index (κ1) is 7.98. The first-order valence-electron chi connectivity index (χ1n) is 3.90. The number of benzene rings is 2. The minimum atomic E-state index is 1.25. The maximum absolute atomic E-state index is 3.30. The second-order valence-corrected chi connectivity index (χ2v) is 3.66. The Balaban J connectivity index is 2.91. The van der Waals surface area contributed by atoms with Gasteiger partial charge in [0.1, 0.15) is 0 Å². The Bertz CT molecular complexity index is 418. The van der Waals surface area contributed by atoms with Crippen LogP contribution in [0.15, 0.2) is 36.4 Å². The Labute approximate surface area is 83.0 Å². The van der Waals surface area contributed by atoms with Crippen molar-refractivity contribution >= 4 is 14.8 Å². The van der Waals surface area contributed by atoms with Crippen LogP contribution in [0.2, 0.25) is 0 Å². The van der Waals surface area contributed by atoms with E-state index < -0.39 is 0 Å². The molecule has 0 radical (unpaired) electrons. The van der Waals surface area contributed by atoms with Gasteiger partial charge in [0.15, 0.2) is 0 Å². The molecule has 0 spiro atoms. The van der Waals surface area contributed by atoms with Gasteiger partial charge in [-0.2, -0.15) is 0 Å². The third-order valence-corrected chi connectivity index (χ3v) is 3.05. The average molecular weight is 248 g/mol. The van der Waals surface area contributed by atoms with E-state index in [1.165, 1.54) is 20.4 Å². The zero-order valence-corrected chi connectivity index (χ0v) is 8.33. The van der Waals surface area contributed by atoms with E-state index >= 15 is 0 Å². The fourth-order valence-corrected chi connectivity index (χ4v) is 1.81. The molecule has 0 bridgehead atoms. The molecule has 0 fully saturated rings. The van der Waals surface area contributed by atoms with Crippen molar-refractivity contribution in [3.05, 3.63) is 42.0 Å². The van der Waals surface area contributed by atoms with Crippen molar-refractivity contribution in [2.45, 2.75) is 6.92 Å². The van der Waals surface area contributed by atoms with Gasteiger partial charge in [-0.05, 0) is 0 Å². The van der Waals surface area contributed by atoms with Gasteiger partial charge in [-0.15, -0.1) is 0 Å². The second kappa shape index (κ2) is 3.01. The summed E-state index contributed by atoms with van der Waals surface area (Å²) in [7, 11) is 0. The SMILES string of the molecule is Cc1ccc2ccccc2[c]1[Pd]. The molecule has 0 aliphatic heterocycles. The van der Waals surface area contributed by atoms with Crippen molar-refractivity contribution in [2.75, 3.05) is 0 Å². The predicted octanol–water partition coefficient (Wildman–Crippen LogP) is 2.32. The quantitative estimate of drug-likeness (QED) is 0.627. The average Bonchev–Trinajstić information content (AvgIpc) is 2.12. The summed E-state index contributed by atoms with van der Waals surface area (Å²) in [6.45, 7) is 2.12. The summed E-state index contributed by atoms with van der Waals surface area (Å²) in [5, 5.41) is 2.60. The number of aryl methyl sites for hydroxylation is 1. The van der Waals surface area contributed by atoms with Crippen LogP contribution in [0.1, 0.15) is 5.56 Å². The van der Waals surface area contributed by atoms with Gasteiger partial charge in [0.05, 0.1) is 0 Å². The number of fused-ring (bicyclic) bond motifs is 1. The molecule has 0 aromatic heterocycles. The molecular formula is C11H9Pd. The Hall–Kier alpha value is -0.638. The van der Waals surface area contributed by atoms with E-state index in [-0.39, 0.29) is 0 Å². The summed E-state index contributed by atoms with van der Waals surface area (Å²) < 4.78 is 1.25. The summed E-state index contributed by atoms with van der Waals surface area (Å²) in [4.78, 5) is 0. The molecule has 2 rings (SSSR count). The van der Waals surface area contributed by atoms with Crippen LogP contribution in [0.5, 0.6) is 0 Å². The third kappa shape index (κ3) is 1.20. The molecule has 12 heavy (non-hydrogen) atoms. The van der Waals surface area contributed by atoms with Crippen LogP contribution in [0, 0.1) is 6.92 Å². The Morgan fingerprint density at radius 3 is 2.58 bits per heavy atom. The van der Waals surface area contributed by atoms with Gasteiger partial charge in [0.2, 0.25) is 0 Å². The van der Waals surface area contributed by atoms with Crippen molar-refractivity contribution < 1.29 is 19.2 Å². The molecule has 1 heteroatoms. The second-order valence-electron chi connectivity index (χ2n) is 2.89. The topological polar surface area (TPSA) is 0 Å². The van der Waals surface area contributed by atoms with Gasteiger partial charge in [-0.25, -0.2) is 0 Å². The molecule has 0 atom stereocenters. The molecular weight excluding hydrogens is 239 g/mol. The van der Waals surface area contributed by atoms with Gasteiger partial charge < -0.3 is 0 Å². The number of hydrogen-bond donors (Lipinski definition) is 0. The molecule has 0 N–H and O–H groups in total. The van der Waals surface area contributed by atoms with Gasteiger partial charge in [0, 0.05) is 0 Å². The van der Waals surface area contributed by atoms with Crippen LogP contribution in [-0.2, 0) is 19.2 Å². The molecule has 0 saturated heterocycles. The summed E-state index contributed by atoms with van der Waals surface area (Å²) in [5.74, 6) is 0. The Morgan fingerprint density at radius 1 is 1.00 bits per heavy atom. The van der Waals surface area contributed by atoms with Crippen LogP contribution in [0.25, 0.3) is 10.8 Å². The number of rotatable bonds is 0.